The first kappa shape index (κ1) is 12.6. The number of rotatable bonds is 4. The van der Waals surface area contributed by atoms with Crippen LogP contribution in [0.25, 0.3) is 0 Å². The van der Waals surface area contributed by atoms with Gasteiger partial charge in [0.05, 0.1) is 0 Å². The van der Waals surface area contributed by atoms with Crippen molar-refractivity contribution in [3.63, 3.8) is 0 Å². The van der Waals surface area contributed by atoms with Crippen LogP contribution in [0.2, 0.25) is 0 Å². The molecule has 1 heterocycles. The molecule has 1 atom stereocenters. The lowest BCUT2D eigenvalue weighted by atomic mass is 10.4. The van der Waals surface area contributed by atoms with Crippen LogP contribution in [0.5, 0.6) is 0 Å². The topological polar surface area (TPSA) is 72.6 Å². The average molecular weight is 268 g/mol. The first-order valence-corrected chi connectivity index (χ1v) is 6.13. The minimum Gasteiger partial charge on any atom is -0.343 e. The molecular formula is C7H11Cl2N5S. The second-order valence-electron chi connectivity index (χ2n) is 2.70. The van der Waals surface area contributed by atoms with Gasteiger partial charge in [0.15, 0.2) is 10.3 Å². The quantitative estimate of drug-likeness (QED) is 0.317. The Hall–Kier alpha value is -0.460. The third-order valence-electron chi connectivity index (χ3n) is 1.54. The number of hydrogen-bond acceptors (Lipinski definition) is 5. The fourth-order valence-electron chi connectivity index (χ4n) is 0.903. The van der Waals surface area contributed by atoms with Crippen LogP contribution < -0.4 is 10.7 Å². The van der Waals surface area contributed by atoms with Crippen molar-refractivity contribution >= 4 is 40.1 Å². The predicted molar refractivity (Wildman–Crippen MR) is 64.1 cm³/mol. The van der Waals surface area contributed by atoms with Crippen molar-refractivity contribution in [1.82, 2.24) is 10.7 Å². The van der Waals surface area contributed by atoms with E-state index in [4.69, 9.17) is 28.7 Å². The van der Waals surface area contributed by atoms with Gasteiger partial charge in [0.25, 0.3) is 0 Å². The molecular weight excluding hydrogens is 257 g/mol. The molecule has 84 valence electrons. The lowest BCUT2D eigenvalue weighted by Gasteiger charge is -2.21. The molecule has 0 fully saturated rings. The Morgan fingerprint density at radius 3 is 3.00 bits per heavy atom. The standard InChI is InChI=1S/C7H11Cl2N5S/c1-2-3-15-7-11-5(8)4(13-14-10)6(9)12-7/h5H,2-3H2,1H3,(H2,10,13)(H,11,12). The largest absolute Gasteiger partial charge is 0.343 e. The van der Waals surface area contributed by atoms with Crippen molar-refractivity contribution in [2.75, 3.05) is 5.75 Å². The van der Waals surface area contributed by atoms with Crippen molar-refractivity contribution in [1.29, 1.82) is 5.53 Å². The molecule has 1 aliphatic rings. The van der Waals surface area contributed by atoms with Crippen LogP contribution in [0.15, 0.2) is 21.1 Å². The second kappa shape index (κ2) is 6.19. The molecule has 0 aromatic heterocycles. The maximum Gasteiger partial charge on any atom is 0.164 e. The molecule has 0 spiro atoms. The van der Waals surface area contributed by atoms with Crippen LogP contribution in [-0.2, 0) is 0 Å². The number of nitrogens with zero attached hydrogens (tertiary/aromatic N) is 2. The Kier molecular flexibility index (Phi) is 5.21. The minimum absolute atomic E-state index is 0.239. The molecule has 1 rings (SSSR count). The molecule has 0 radical (unpaired) electrons. The van der Waals surface area contributed by atoms with Crippen molar-refractivity contribution in [3.05, 3.63) is 10.9 Å². The Morgan fingerprint density at radius 2 is 2.47 bits per heavy atom. The summed E-state index contributed by atoms with van der Waals surface area (Å²) in [5, 5.41) is 6.88. The molecule has 0 aromatic rings. The fraction of sp³-hybridized carbons (Fsp3) is 0.571. The van der Waals surface area contributed by atoms with E-state index >= 15 is 0 Å². The van der Waals surface area contributed by atoms with Gasteiger partial charge in [-0.1, -0.05) is 47.1 Å². The summed E-state index contributed by atoms with van der Waals surface area (Å²) >= 11 is 13.4. The van der Waals surface area contributed by atoms with Crippen LogP contribution in [0.4, 0.5) is 0 Å². The summed E-state index contributed by atoms with van der Waals surface area (Å²) in [5.74, 6) is 0.950. The zero-order valence-corrected chi connectivity index (χ0v) is 10.4. The van der Waals surface area contributed by atoms with E-state index in [1.165, 1.54) is 0 Å². The molecule has 0 amide bonds. The highest BCUT2D eigenvalue weighted by Gasteiger charge is 2.22. The molecule has 1 unspecified atom stereocenters. The molecule has 0 saturated carbocycles. The number of halogens is 2. The molecule has 5 nitrogen and oxygen atoms in total. The van der Waals surface area contributed by atoms with E-state index < -0.39 is 5.50 Å². The summed E-state index contributed by atoms with van der Waals surface area (Å²) in [6.07, 6.45) is 1.05. The van der Waals surface area contributed by atoms with Gasteiger partial charge in [0.2, 0.25) is 0 Å². The number of alkyl halides is 1. The first-order valence-electron chi connectivity index (χ1n) is 4.33. The summed E-state index contributed by atoms with van der Waals surface area (Å²) in [6, 6.07) is 0. The lowest BCUT2D eigenvalue weighted by Crippen LogP contribution is -2.37. The van der Waals surface area contributed by atoms with Gasteiger partial charge >= 0.3 is 0 Å². The van der Waals surface area contributed by atoms with Crippen molar-refractivity contribution in [3.8, 4) is 0 Å². The molecule has 0 saturated heterocycles. The fourth-order valence-corrected chi connectivity index (χ4v) is 2.32. The van der Waals surface area contributed by atoms with E-state index in [1.54, 1.807) is 11.8 Å². The van der Waals surface area contributed by atoms with E-state index in [1.807, 2.05) is 0 Å². The van der Waals surface area contributed by atoms with Crippen LogP contribution in [0.3, 0.4) is 0 Å². The van der Waals surface area contributed by atoms with E-state index in [2.05, 4.69) is 27.9 Å². The Balaban J connectivity index is 2.73. The Morgan fingerprint density at radius 1 is 1.73 bits per heavy atom. The van der Waals surface area contributed by atoms with Crippen molar-refractivity contribution in [2.24, 2.45) is 10.2 Å². The first-order chi connectivity index (χ1) is 7.19. The van der Waals surface area contributed by atoms with Gasteiger partial charge < -0.3 is 5.32 Å². The van der Waals surface area contributed by atoms with Crippen LogP contribution in [0, 0.1) is 5.53 Å². The number of nitrogens with one attached hydrogen (secondary N) is 3. The highest BCUT2D eigenvalue weighted by molar-refractivity contribution is 8.13. The maximum absolute atomic E-state index is 6.66. The summed E-state index contributed by atoms with van der Waals surface area (Å²) < 4.78 is 0. The Bertz CT molecular complexity index is 304. The smallest absolute Gasteiger partial charge is 0.164 e. The molecule has 15 heavy (non-hydrogen) atoms. The zero-order valence-electron chi connectivity index (χ0n) is 8.05. The summed E-state index contributed by atoms with van der Waals surface area (Å²) in [4.78, 5) is 4.09. The number of thioether (sulfide) groups is 1. The molecule has 0 bridgehead atoms. The minimum atomic E-state index is -0.525. The molecule has 0 aromatic carbocycles. The molecule has 0 aliphatic carbocycles. The van der Waals surface area contributed by atoms with Crippen LogP contribution in [-0.4, -0.2) is 16.4 Å². The molecule has 3 N–H and O–H groups in total. The van der Waals surface area contributed by atoms with Gasteiger partial charge in [0, 0.05) is 5.75 Å². The van der Waals surface area contributed by atoms with Gasteiger partial charge in [0.1, 0.15) is 11.2 Å². The molecule has 1 aliphatic heterocycles. The lowest BCUT2D eigenvalue weighted by molar-refractivity contribution is 0.705. The normalized spacial score (nSPS) is 20.7. The summed E-state index contributed by atoms with van der Waals surface area (Å²) in [6.45, 7) is 2.08. The number of amidine groups is 1. The predicted octanol–water partition coefficient (Wildman–Crippen LogP) is 2.60. The highest BCUT2D eigenvalue weighted by Crippen LogP contribution is 2.22. The van der Waals surface area contributed by atoms with E-state index in [9.17, 15) is 0 Å². The number of hydrogen-bond donors (Lipinski definition) is 3. The van der Waals surface area contributed by atoms with Crippen molar-refractivity contribution in [2.45, 2.75) is 18.8 Å². The summed E-state index contributed by atoms with van der Waals surface area (Å²) in [7, 11) is 0. The van der Waals surface area contributed by atoms with E-state index in [0.29, 0.717) is 10.9 Å². The maximum atomic E-state index is 6.66. The van der Waals surface area contributed by atoms with Crippen LogP contribution in [0.1, 0.15) is 13.3 Å². The van der Waals surface area contributed by atoms with Gasteiger partial charge in [-0.3, -0.25) is 5.43 Å². The van der Waals surface area contributed by atoms with Gasteiger partial charge in [-0.2, -0.15) is 5.53 Å². The SMILES string of the molecule is CCCSC1=NC(Cl)=C(NN=N)C(Cl)N1. The summed E-state index contributed by atoms with van der Waals surface area (Å²) in [5.41, 5.74) is 8.92. The van der Waals surface area contributed by atoms with E-state index in [-0.39, 0.29) is 5.16 Å². The van der Waals surface area contributed by atoms with E-state index in [0.717, 1.165) is 12.2 Å². The molecule has 8 heteroatoms. The monoisotopic (exact) mass is 267 g/mol. The third kappa shape index (κ3) is 3.55. The zero-order chi connectivity index (χ0) is 11.3. The van der Waals surface area contributed by atoms with Gasteiger partial charge in [-0.05, 0) is 6.42 Å². The van der Waals surface area contributed by atoms with Gasteiger partial charge in [-0.25, -0.2) is 4.99 Å². The average Bonchev–Trinajstić information content (AvgIpc) is 2.20. The second-order valence-corrected chi connectivity index (χ2v) is 4.58. The Labute approximate surface area is 102 Å². The van der Waals surface area contributed by atoms with Crippen molar-refractivity contribution < 1.29 is 0 Å². The van der Waals surface area contributed by atoms with Crippen LogP contribution >= 0.6 is 35.0 Å². The number of aliphatic imine (C=N–C) groups is 1. The van der Waals surface area contributed by atoms with Gasteiger partial charge in [-0.15, -0.1) is 0 Å². The third-order valence-corrected chi connectivity index (χ3v) is 3.26. The highest BCUT2D eigenvalue weighted by atomic mass is 35.5.